The lowest BCUT2D eigenvalue weighted by Gasteiger charge is -2.08. The van der Waals surface area contributed by atoms with Gasteiger partial charge in [0.15, 0.2) is 0 Å². The minimum atomic E-state index is -2.86. The van der Waals surface area contributed by atoms with Crippen molar-refractivity contribution < 1.29 is 22.5 Å². The first-order chi connectivity index (χ1) is 10.6. The van der Waals surface area contributed by atoms with Crippen molar-refractivity contribution in [2.75, 3.05) is 7.11 Å². The fourth-order valence-electron chi connectivity index (χ4n) is 2.00. The Morgan fingerprint density at radius 1 is 1.00 bits per heavy atom. The molecule has 3 nitrogen and oxygen atoms in total. The average Bonchev–Trinajstić information content (AvgIpc) is 2.47. The Morgan fingerprint density at radius 3 is 2.09 bits per heavy atom. The molecule has 1 atom stereocenters. The first-order valence-electron chi connectivity index (χ1n) is 6.58. The summed E-state index contributed by atoms with van der Waals surface area (Å²) >= 11 is 0. The van der Waals surface area contributed by atoms with E-state index in [2.05, 4.69) is 4.74 Å². The highest BCUT2D eigenvalue weighted by atomic mass is 32.2. The van der Waals surface area contributed by atoms with Crippen molar-refractivity contribution in [1.29, 1.82) is 0 Å². The molecule has 0 bridgehead atoms. The molecule has 0 unspecified atom stereocenters. The molecular formula is C16H16F2O3S. The third kappa shape index (κ3) is 5.11. The molecule has 6 heteroatoms. The van der Waals surface area contributed by atoms with E-state index in [1.807, 2.05) is 24.3 Å². The Hall–Kier alpha value is -1.95. The summed E-state index contributed by atoms with van der Waals surface area (Å²) in [5.41, 5.74) is 1.59. The second-order valence-electron chi connectivity index (χ2n) is 4.61. The van der Waals surface area contributed by atoms with E-state index < -0.39 is 17.4 Å². The van der Waals surface area contributed by atoms with Crippen LogP contribution in [0.15, 0.2) is 48.5 Å². The number of halogens is 2. The van der Waals surface area contributed by atoms with Crippen molar-refractivity contribution in [2.24, 2.45) is 0 Å². The van der Waals surface area contributed by atoms with Gasteiger partial charge in [0.05, 0.1) is 7.11 Å². The van der Waals surface area contributed by atoms with Gasteiger partial charge in [-0.1, -0.05) is 24.3 Å². The Morgan fingerprint density at radius 2 is 1.55 bits per heavy atom. The summed E-state index contributed by atoms with van der Waals surface area (Å²) in [6, 6.07) is 13.6. The van der Waals surface area contributed by atoms with E-state index in [1.165, 1.54) is 12.1 Å². The number of alkyl halides is 2. The molecule has 2 aromatic carbocycles. The predicted molar refractivity (Wildman–Crippen MR) is 81.6 cm³/mol. The van der Waals surface area contributed by atoms with E-state index >= 15 is 0 Å². The average molecular weight is 326 g/mol. The van der Waals surface area contributed by atoms with Gasteiger partial charge in [-0.2, -0.15) is 8.78 Å². The summed E-state index contributed by atoms with van der Waals surface area (Å²) in [6.07, 6.45) is 0. The molecular weight excluding hydrogens is 310 g/mol. The summed E-state index contributed by atoms with van der Waals surface area (Å²) in [5, 5.41) is 0. The van der Waals surface area contributed by atoms with Gasteiger partial charge in [0, 0.05) is 22.3 Å². The van der Waals surface area contributed by atoms with Crippen LogP contribution in [-0.4, -0.2) is 17.9 Å². The number of hydrogen-bond donors (Lipinski definition) is 0. The Bertz CT molecular complexity index is 647. The van der Waals surface area contributed by atoms with E-state index in [0.717, 1.165) is 5.56 Å². The Balaban J connectivity index is 1.99. The fourth-order valence-corrected chi connectivity index (χ4v) is 3.20. The zero-order valence-corrected chi connectivity index (χ0v) is 12.8. The highest BCUT2D eigenvalue weighted by Gasteiger charge is 2.08. The van der Waals surface area contributed by atoms with Crippen LogP contribution in [0.2, 0.25) is 0 Å². The van der Waals surface area contributed by atoms with E-state index in [1.54, 1.807) is 19.2 Å². The van der Waals surface area contributed by atoms with Crippen LogP contribution in [0, 0.1) is 0 Å². The normalized spacial score (nSPS) is 12.2. The Kier molecular flexibility index (Phi) is 5.89. The molecule has 0 saturated heterocycles. The zero-order chi connectivity index (χ0) is 15.9. The molecule has 0 radical (unpaired) electrons. The van der Waals surface area contributed by atoms with Crippen molar-refractivity contribution >= 4 is 10.8 Å². The molecule has 0 N–H and O–H groups in total. The fraction of sp³-hybridized carbons (Fsp3) is 0.250. The Labute approximate surface area is 130 Å². The van der Waals surface area contributed by atoms with Crippen LogP contribution in [0.25, 0.3) is 0 Å². The summed E-state index contributed by atoms with van der Waals surface area (Å²) in [7, 11) is 0.422. The van der Waals surface area contributed by atoms with Gasteiger partial charge in [-0.15, -0.1) is 0 Å². The van der Waals surface area contributed by atoms with Crippen LogP contribution >= 0.6 is 0 Å². The SMILES string of the molecule is COc1cccc(C[S@](=O)Cc2cccc(OC(F)F)c2)c1. The van der Waals surface area contributed by atoms with Crippen LogP contribution in [0.1, 0.15) is 11.1 Å². The summed E-state index contributed by atoms with van der Waals surface area (Å²) in [4.78, 5) is 0. The van der Waals surface area contributed by atoms with E-state index in [4.69, 9.17) is 4.74 Å². The van der Waals surface area contributed by atoms with Gasteiger partial charge in [0.1, 0.15) is 11.5 Å². The molecule has 0 amide bonds. The molecule has 0 saturated carbocycles. The summed E-state index contributed by atoms with van der Waals surface area (Å²) < 4.78 is 46.0. The zero-order valence-electron chi connectivity index (χ0n) is 12.0. The summed E-state index contributed by atoms with van der Waals surface area (Å²) in [5.74, 6) is 1.43. The van der Waals surface area contributed by atoms with Gasteiger partial charge in [0.2, 0.25) is 0 Å². The quantitative estimate of drug-likeness (QED) is 0.777. The van der Waals surface area contributed by atoms with Crippen molar-refractivity contribution in [3.8, 4) is 11.5 Å². The topological polar surface area (TPSA) is 35.5 Å². The van der Waals surface area contributed by atoms with Crippen molar-refractivity contribution in [2.45, 2.75) is 18.1 Å². The van der Waals surface area contributed by atoms with E-state index in [0.29, 0.717) is 17.1 Å². The monoisotopic (exact) mass is 326 g/mol. The first kappa shape index (κ1) is 16.4. The molecule has 0 heterocycles. The first-order valence-corrected chi connectivity index (χ1v) is 8.07. The van der Waals surface area contributed by atoms with Gasteiger partial charge in [-0.3, -0.25) is 4.21 Å². The lowest BCUT2D eigenvalue weighted by Crippen LogP contribution is -2.03. The van der Waals surface area contributed by atoms with Crippen molar-refractivity contribution in [3.05, 3.63) is 59.7 Å². The van der Waals surface area contributed by atoms with Crippen LogP contribution in [0.5, 0.6) is 11.5 Å². The lowest BCUT2D eigenvalue weighted by atomic mass is 10.2. The number of hydrogen-bond acceptors (Lipinski definition) is 3. The standard InChI is InChI=1S/C16H16F2O3S/c1-20-14-6-2-4-12(8-14)10-22(19)11-13-5-3-7-15(9-13)21-16(17)18/h2-9,16H,10-11H2,1H3/t22-/m0/s1. The highest BCUT2D eigenvalue weighted by molar-refractivity contribution is 7.83. The van der Waals surface area contributed by atoms with E-state index in [9.17, 15) is 13.0 Å². The van der Waals surface area contributed by atoms with Crippen LogP contribution in [0.3, 0.4) is 0 Å². The summed E-state index contributed by atoms with van der Waals surface area (Å²) in [6.45, 7) is -2.86. The second-order valence-corrected chi connectivity index (χ2v) is 6.06. The van der Waals surface area contributed by atoms with Crippen molar-refractivity contribution in [1.82, 2.24) is 0 Å². The van der Waals surface area contributed by atoms with Crippen molar-refractivity contribution in [3.63, 3.8) is 0 Å². The molecule has 0 aliphatic heterocycles. The number of ether oxygens (including phenoxy) is 2. The molecule has 0 aromatic heterocycles. The molecule has 2 aromatic rings. The minimum Gasteiger partial charge on any atom is -0.497 e. The third-order valence-electron chi connectivity index (χ3n) is 2.91. The van der Waals surface area contributed by atoms with Crippen LogP contribution in [0.4, 0.5) is 8.78 Å². The molecule has 0 aliphatic rings. The number of methoxy groups -OCH3 is 1. The lowest BCUT2D eigenvalue weighted by molar-refractivity contribution is -0.0498. The van der Waals surface area contributed by atoms with Gasteiger partial charge in [-0.05, 0) is 35.4 Å². The maximum absolute atomic E-state index is 12.2. The largest absolute Gasteiger partial charge is 0.497 e. The van der Waals surface area contributed by atoms with Gasteiger partial charge in [-0.25, -0.2) is 0 Å². The maximum atomic E-state index is 12.2. The molecule has 118 valence electrons. The predicted octanol–water partition coefficient (Wildman–Crippen LogP) is 3.75. The molecule has 0 fully saturated rings. The smallest absolute Gasteiger partial charge is 0.387 e. The van der Waals surface area contributed by atoms with Gasteiger partial charge >= 0.3 is 6.61 Å². The molecule has 2 rings (SSSR count). The molecule has 0 spiro atoms. The third-order valence-corrected chi connectivity index (χ3v) is 4.22. The molecule has 22 heavy (non-hydrogen) atoms. The maximum Gasteiger partial charge on any atom is 0.387 e. The van der Waals surface area contributed by atoms with Gasteiger partial charge < -0.3 is 9.47 Å². The van der Waals surface area contributed by atoms with Crippen LogP contribution in [-0.2, 0) is 22.3 Å². The van der Waals surface area contributed by atoms with Crippen LogP contribution < -0.4 is 9.47 Å². The van der Waals surface area contributed by atoms with Gasteiger partial charge in [0.25, 0.3) is 0 Å². The number of benzene rings is 2. The highest BCUT2D eigenvalue weighted by Crippen LogP contribution is 2.19. The minimum absolute atomic E-state index is 0.0749. The molecule has 0 aliphatic carbocycles. The van der Waals surface area contributed by atoms with E-state index in [-0.39, 0.29) is 11.5 Å². The number of rotatable bonds is 7. The second kappa shape index (κ2) is 7.89.